The van der Waals surface area contributed by atoms with Gasteiger partial charge in [-0.3, -0.25) is 19.2 Å². The van der Waals surface area contributed by atoms with E-state index in [1.54, 1.807) is 0 Å². The van der Waals surface area contributed by atoms with Gasteiger partial charge in [0.15, 0.2) is 11.8 Å². The Morgan fingerprint density at radius 2 is 0.906 bits per heavy atom. The number of unbranched alkanes of at least 4 members (excludes halogenated alkanes) is 6. The number of hydrogen-bond donors (Lipinski definition) is 4. The quantitative estimate of drug-likeness (QED) is 0.168. The summed E-state index contributed by atoms with van der Waals surface area (Å²) in [5.74, 6) is -5.49. The molecule has 0 radical (unpaired) electrons. The molecule has 0 heterocycles. The van der Waals surface area contributed by atoms with Gasteiger partial charge in [0.25, 0.3) is 0 Å². The van der Waals surface area contributed by atoms with E-state index in [1.165, 1.54) is 12.8 Å². The molecule has 2 atom stereocenters. The summed E-state index contributed by atoms with van der Waals surface area (Å²) in [7, 11) is 0. The molecule has 32 heavy (non-hydrogen) atoms. The third kappa shape index (κ3) is 10.5. The molecule has 8 nitrogen and oxygen atoms in total. The van der Waals surface area contributed by atoms with Crippen molar-refractivity contribution in [2.75, 3.05) is 0 Å². The van der Waals surface area contributed by atoms with Gasteiger partial charge in [-0.2, -0.15) is 0 Å². The number of carbonyl (C=O) groups is 4. The van der Waals surface area contributed by atoms with Crippen molar-refractivity contribution < 1.29 is 39.6 Å². The highest BCUT2D eigenvalue weighted by Crippen LogP contribution is 2.42. The van der Waals surface area contributed by atoms with Crippen molar-refractivity contribution in [2.45, 2.75) is 96.8 Å². The molecule has 0 saturated heterocycles. The first-order valence-corrected chi connectivity index (χ1v) is 12.0. The lowest BCUT2D eigenvalue weighted by Gasteiger charge is -2.19. The molecule has 1 fully saturated rings. The van der Waals surface area contributed by atoms with Gasteiger partial charge in [0.1, 0.15) is 0 Å². The van der Waals surface area contributed by atoms with Gasteiger partial charge in [-0.15, -0.1) is 0 Å². The molecule has 4 N–H and O–H groups in total. The van der Waals surface area contributed by atoms with E-state index >= 15 is 0 Å². The molecule has 1 rings (SSSR count). The van der Waals surface area contributed by atoms with Crippen molar-refractivity contribution in [2.24, 2.45) is 29.6 Å². The summed E-state index contributed by atoms with van der Waals surface area (Å²) in [6.07, 6.45) is 12.3. The largest absolute Gasteiger partial charge is 0.481 e. The Hall–Kier alpha value is -2.12. The van der Waals surface area contributed by atoms with E-state index in [9.17, 15) is 19.2 Å². The number of hydrogen-bond acceptors (Lipinski definition) is 4. The Labute approximate surface area is 190 Å². The average molecular weight is 457 g/mol. The first kappa shape index (κ1) is 27.9. The second kappa shape index (κ2) is 14.9. The molecule has 0 aromatic heterocycles. The van der Waals surface area contributed by atoms with Crippen LogP contribution in [0.1, 0.15) is 96.8 Å². The van der Waals surface area contributed by atoms with Crippen LogP contribution in [-0.2, 0) is 19.2 Å². The van der Waals surface area contributed by atoms with E-state index < -0.39 is 35.7 Å². The molecule has 8 heteroatoms. The van der Waals surface area contributed by atoms with Gasteiger partial charge in [0.2, 0.25) is 0 Å². The highest BCUT2D eigenvalue weighted by molar-refractivity contribution is 5.93. The monoisotopic (exact) mass is 456 g/mol. The van der Waals surface area contributed by atoms with Crippen molar-refractivity contribution in [1.29, 1.82) is 0 Å². The van der Waals surface area contributed by atoms with E-state index in [1.807, 2.05) is 0 Å². The number of rotatable bonds is 18. The molecule has 184 valence electrons. The second-order valence-electron chi connectivity index (χ2n) is 9.54. The molecule has 0 amide bonds. The van der Waals surface area contributed by atoms with Crippen LogP contribution >= 0.6 is 0 Å². The zero-order chi connectivity index (χ0) is 24.1. The van der Waals surface area contributed by atoms with Crippen LogP contribution in [0.2, 0.25) is 0 Å². The standard InChI is InChI=1S/C24H40O8/c1-16-14-17(10-6-2-4-8-12-19(21(25)26)22(27)28)18(15-16)11-7-3-5-9-13-20(23(29)30)24(31)32/h16-20H,2-15H2,1H3,(H,25,26)(H,27,28)(H,29,30)(H,31,32). The van der Waals surface area contributed by atoms with Crippen molar-refractivity contribution in [1.82, 2.24) is 0 Å². The van der Waals surface area contributed by atoms with E-state index in [-0.39, 0.29) is 12.8 Å². The Balaban J connectivity index is 2.19. The maximum atomic E-state index is 10.9. The zero-order valence-corrected chi connectivity index (χ0v) is 19.2. The minimum atomic E-state index is -1.30. The van der Waals surface area contributed by atoms with Crippen LogP contribution < -0.4 is 0 Å². The number of aliphatic carboxylic acids is 4. The van der Waals surface area contributed by atoms with Gasteiger partial charge in [-0.05, 0) is 43.4 Å². The highest BCUT2D eigenvalue weighted by Gasteiger charge is 2.31. The van der Waals surface area contributed by atoms with Crippen LogP contribution in [0.4, 0.5) is 0 Å². The molecular weight excluding hydrogens is 416 g/mol. The van der Waals surface area contributed by atoms with Crippen LogP contribution in [0.3, 0.4) is 0 Å². The van der Waals surface area contributed by atoms with Crippen molar-refractivity contribution in [3.8, 4) is 0 Å². The lowest BCUT2D eigenvalue weighted by molar-refractivity contribution is -0.156. The average Bonchev–Trinajstić information content (AvgIpc) is 3.04. The summed E-state index contributed by atoms with van der Waals surface area (Å²) in [4.78, 5) is 43.6. The van der Waals surface area contributed by atoms with Gasteiger partial charge < -0.3 is 20.4 Å². The predicted molar refractivity (Wildman–Crippen MR) is 118 cm³/mol. The zero-order valence-electron chi connectivity index (χ0n) is 19.2. The fourth-order valence-corrected chi connectivity index (χ4v) is 5.14. The third-order valence-corrected chi connectivity index (χ3v) is 6.90. The van der Waals surface area contributed by atoms with Crippen LogP contribution in [-0.4, -0.2) is 44.3 Å². The highest BCUT2D eigenvalue weighted by atomic mass is 16.4. The third-order valence-electron chi connectivity index (χ3n) is 6.90. The topological polar surface area (TPSA) is 149 Å². The normalized spacial score (nSPS) is 20.7. The maximum absolute atomic E-state index is 10.9. The Kier molecular flexibility index (Phi) is 13.0. The molecule has 2 unspecified atom stereocenters. The fraction of sp³-hybridized carbons (Fsp3) is 0.833. The molecule has 0 spiro atoms. The Morgan fingerprint density at radius 3 is 1.22 bits per heavy atom. The van der Waals surface area contributed by atoms with E-state index in [0.29, 0.717) is 24.7 Å². The first-order valence-electron chi connectivity index (χ1n) is 12.0. The van der Waals surface area contributed by atoms with E-state index in [4.69, 9.17) is 20.4 Å². The SMILES string of the molecule is CC1CC(CCCCCCC(C(=O)O)C(=O)O)C(CCCCCCC(C(=O)O)C(=O)O)C1. The minimum Gasteiger partial charge on any atom is -0.481 e. The van der Waals surface area contributed by atoms with Crippen LogP contribution in [0.5, 0.6) is 0 Å². The minimum absolute atomic E-state index is 0.188. The Morgan fingerprint density at radius 1 is 0.594 bits per heavy atom. The second-order valence-corrected chi connectivity index (χ2v) is 9.54. The lowest BCUT2D eigenvalue weighted by Crippen LogP contribution is -2.23. The molecule has 0 bridgehead atoms. The van der Waals surface area contributed by atoms with Crippen LogP contribution in [0, 0.1) is 29.6 Å². The van der Waals surface area contributed by atoms with Gasteiger partial charge >= 0.3 is 23.9 Å². The van der Waals surface area contributed by atoms with Gasteiger partial charge in [0, 0.05) is 0 Å². The summed E-state index contributed by atoms with van der Waals surface area (Å²) >= 11 is 0. The van der Waals surface area contributed by atoms with Crippen LogP contribution in [0.15, 0.2) is 0 Å². The van der Waals surface area contributed by atoms with Gasteiger partial charge in [-0.25, -0.2) is 0 Å². The summed E-state index contributed by atoms with van der Waals surface area (Å²) in [5, 5.41) is 35.6. The van der Waals surface area contributed by atoms with Gasteiger partial charge in [-0.1, -0.05) is 71.1 Å². The Bertz CT molecular complexity index is 537. The molecule has 0 aliphatic heterocycles. The summed E-state index contributed by atoms with van der Waals surface area (Å²) < 4.78 is 0. The molecular formula is C24H40O8. The molecule has 1 aliphatic rings. The first-order chi connectivity index (χ1) is 15.1. The molecule has 0 aromatic carbocycles. The van der Waals surface area contributed by atoms with E-state index in [0.717, 1.165) is 57.3 Å². The number of carboxylic acids is 4. The summed E-state index contributed by atoms with van der Waals surface area (Å²) in [6.45, 7) is 2.29. The van der Waals surface area contributed by atoms with Crippen LogP contribution in [0.25, 0.3) is 0 Å². The lowest BCUT2D eigenvalue weighted by atomic mass is 9.86. The molecule has 1 saturated carbocycles. The maximum Gasteiger partial charge on any atom is 0.317 e. The fourth-order valence-electron chi connectivity index (χ4n) is 5.14. The smallest absolute Gasteiger partial charge is 0.317 e. The van der Waals surface area contributed by atoms with Crippen molar-refractivity contribution in [3.05, 3.63) is 0 Å². The number of carboxylic acid groups (broad SMARTS) is 4. The van der Waals surface area contributed by atoms with E-state index in [2.05, 4.69) is 6.92 Å². The van der Waals surface area contributed by atoms with Crippen molar-refractivity contribution >= 4 is 23.9 Å². The predicted octanol–water partition coefficient (Wildman–Crippen LogP) is 4.90. The molecule has 1 aliphatic carbocycles. The molecule has 0 aromatic rings. The van der Waals surface area contributed by atoms with Gasteiger partial charge in [0.05, 0.1) is 0 Å². The summed E-state index contributed by atoms with van der Waals surface area (Å²) in [6, 6.07) is 0. The van der Waals surface area contributed by atoms with Crippen molar-refractivity contribution in [3.63, 3.8) is 0 Å². The summed E-state index contributed by atoms with van der Waals surface area (Å²) in [5.41, 5.74) is 0.